The first-order valence-electron chi connectivity index (χ1n) is 7.11. The summed E-state index contributed by atoms with van der Waals surface area (Å²) in [5.41, 5.74) is 4.81. The van der Waals surface area contributed by atoms with Gasteiger partial charge in [-0.15, -0.1) is 0 Å². The molecule has 5 nitrogen and oxygen atoms in total. The number of phenols is 1. The molecule has 6 heteroatoms. The average molecular weight is 332 g/mol. The molecule has 120 valence electrons. The van der Waals surface area contributed by atoms with Gasteiger partial charge in [0.05, 0.1) is 6.21 Å². The van der Waals surface area contributed by atoms with Gasteiger partial charge >= 0.3 is 0 Å². The normalized spacial score (nSPS) is 12.1. The molecule has 2 rings (SSSR count). The first-order chi connectivity index (χ1) is 11.0. The van der Waals surface area contributed by atoms with Crippen LogP contribution in [0.3, 0.4) is 0 Å². The van der Waals surface area contributed by atoms with Crippen molar-refractivity contribution >= 4 is 29.4 Å². The smallest absolute Gasteiger partial charge is 0.262 e. The Morgan fingerprint density at radius 1 is 1.30 bits per heavy atom. The van der Waals surface area contributed by atoms with Crippen molar-refractivity contribution in [3.8, 4) is 5.75 Å². The Labute approximate surface area is 140 Å². The number of halogens is 1. The van der Waals surface area contributed by atoms with Crippen molar-refractivity contribution in [1.29, 1.82) is 0 Å². The summed E-state index contributed by atoms with van der Waals surface area (Å²) in [6.45, 7) is 3.71. The van der Waals surface area contributed by atoms with E-state index in [2.05, 4.69) is 15.8 Å². The summed E-state index contributed by atoms with van der Waals surface area (Å²) in [5.74, 6) is -0.246. The predicted octanol–water partition coefficient (Wildman–Crippen LogP) is 3.30. The van der Waals surface area contributed by atoms with E-state index in [1.165, 1.54) is 12.3 Å². The van der Waals surface area contributed by atoms with Crippen LogP contribution >= 0.6 is 11.6 Å². The Morgan fingerprint density at radius 3 is 2.78 bits per heavy atom. The van der Waals surface area contributed by atoms with Gasteiger partial charge in [0.1, 0.15) is 11.8 Å². The number of para-hydroxylation sites is 1. The molecule has 2 aromatic carbocycles. The molecular weight excluding hydrogens is 314 g/mol. The molecule has 0 radical (unpaired) electrons. The van der Waals surface area contributed by atoms with E-state index < -0.39 is 6.04 Å². The first kappa shape index (κ1) is 16.8. The standard InChI is InChI=1S/C17H18ClN3O2/c1-11-5-3-4-6-15(11)20-12(2)17(23)21-19-10-13-9-14(18)7-8-16(13)22/h3-10,12,20,22H,1-2H3,(H,21,23)/b19-10-/t12-/m0/s1. The number of hydrogen-bond acceptors (Lipinski definition) is 4. The van der Waals surface area contributed by atoms with Crippen LogP contribution in [0.4, 0.5) is 5.69 Å². The van der Waals surface area contributed by atoms with E-state index in [-0.39, 0.29) is 11.7 Å². The minimum atomic E-state index is -0.457. The van der Waals surface area contributed by atoms with Gasteiger partial charge in [0.15, 0.2) is 0 Å². The Hall–Kier alpha value is -2.53. The molecule has 0 saturated carbocycles. The predicted molar refractivity (Wildman–Crippen MR) is 93.1 cm³/mol. The number of carbonyl (C=O) groups is 1. The third kappa shape index (κ3) is 4.72. The molecule has 0 unspecified atom stereocenters. The van der Waals surface area contributed by atoms with E-state index in [4.69, 9.17) is 11.6 Å². The number of hydrogen-bond donors (Lipinski definition) is 3. The summed E-state index contributed by atoms with van der Waals surface area (Å²) < 4.78 is 0. The van der Waals surface area contributed by atoms with Crippen LogP contribution in [0, 0.1) is 6.92 Å². The number of nitrogens with zero attached hydrogens (tertiary/aromatic N) is 1. The van der Waals surface area contributed by atoms with Crippen molar-refractivity contribution in [2.24, 2.45) is 5.10 Å². The Balaban J connectivity index is 1.95. The second-order valence-electron chi connectivity index (χ2n) is 5.12. The molecule has 0 aliphatic heterocycles. The topological polar surface area (TPSA) is 73.7 Å². The van der Waals surface area contributed by atoms with Crippen LogP contribution < -0.4 is 10.7 Å². The molecule has 2 aromatic rings. The zero-order chi connectivity index (χ0) is 16.8. The molecule has 0 heterocycles. The summed E-state index contributed by atoms with van der Waals surface area (Å²) in [4.78, 5) is 12.0. The molecule has 1 amide bonds. The molecule has 1 atom stereocenters. The van der Waals surface area contributed by atoms with Crippen molar-refractivity contribution < 1.29 is 9.90 Å². The largest absolute Gasteiger partial charge is 0.507 e. The highest BCUT2D eigenvalue weighted by Crippen LogP contribution is 2.19. The minimum Gasteiger partial charge on any atom is -0.507 e. The second-order valence-corrected chi connectivity index (χ2v) is 5.55. The van der Waals surface area contributed by atoms with Crippen LogP contribution in [0.25, 0.3) is 0 Å². The van der Waals surface area contributed by atoms with Crippen molar-refractivity contribution in [2.75, 3.05) is 5.32 Å². The van der Waals surface area contributed by atoms with Gasteiger partial charge in [-0.2, -0.15) is 5.10 Å². The number of phenolic OH excluding ortho intramolecular Hbond substituents is 1. The van der Waals surface area contributed by atoms with Crippen LogP contribution in [-0.4, -0.2) is 23.3 Å². The number of nitrogens with one attached hydrogen (secondary N) is 2. The number of aryl methyl sites for hydroxylation is 1. The van der Waals surface area contributed by atoms with E-state index in [1.54, 1.807) is 19.1 Å². The maximum atomic E-state index is 12.0. The quantitative estimate of drug-likeness (QED) is 0.581. The van der Waals surface area contributed by atoms with Gasteiger partial charge < -0.3 is 10.4 Å². The lowest BCUT2D eigenvalue weighted by atomic mass is 10.2. The Bertz CT molecular complexity index is 732. The van der Waals surface area contributed by atoms with Crippen molar-refractivity contribution in [3.05, 3.63) is 58.6 Å². The van der Waals surface area contributed by atoms with Crippen molar-refractivity contribution in [2.45, 2.75) is 19.9 Å². The summed E-state index contributed by atoms with van der Waals surface area (Å²) in [6.07, 6.45) is 1.35. The average Bonchev–Trinajstić information content (AvgIpc) is 2.52. The third-order valence-electron chi connectivity index (χ3n) is 3.28. The summed E-state index contributed by atoms with van der Waals surface area (Å²) >= 11 is 5.84. The monoisotopic (exact) mass is 331 g/mol. The lowest BCUT2D eigenvalue weighted by molar-refractivity contribution is -0.121. The summed E-state index contributed by atoms with van der Waals surface area (Å²) in [6, 6.07) is 11.9. The van der Waals surface area contributed by atoms with Crippen LogP contribution in [0.2, 0.25) is 5.02 Å². The van der Waals surface area contributed by atoms with Gasteiger partial charge in [-0.05, 0) is 43.7 Å². The number of aromatic hydroxyl groups is 1. The summed E-state index contributed by atoms with van der Waals surface area (Å²) in [5, 5.41) is 17.1. The number of carbonyl (C=O) groups excluding carboxylic acids is 1. The number of benzene rings is 2. The lowest BCUT2D eigenvalue weighted by Crippen LogP contribution is -2.35. The highest BCUT2D eigenvalue weighted by molar-refractivity contribution is 6.30. The first-order valence-corrected chi connectivity index (χ1v) is 7.49. The number of anilines is 1. The van der Waals surface area contributed by atoms with E-state index in [0.717, 1.165) is 11.3 Å². The third-order valence-corrected chi connectivity index (χ3v) is 3.51. The molecule has 0 fully saturated rings. The molecule has 3 N–H and O–H groups in total. The van der Waals surface area contributed by atoms with Gasteiger partial charge in [-0.3, -0.25) is 4.79 Å². The molecule has 0 saturated heterocycles. The SMILES string of the molecule is Cc1ccccc1N[C@@H](C)C(=O)N/N=C\c1cc(Cl)ccc1O. The fourth-order valence-electron chi connectivity index (χ4n) is 1.92. The highest BCUT2D eigenvalue weighted by Gasteiger charge is 2.12. The Morgan fingerprint density at radius 2 is 2.04 bits per heavy atom. The zero-order valence-electron chi connectivity index (χ0n) is 12.9. The van der Waals surface area contributed by atoms with Crippen molar-refractivity contribution in [3.63, 3.8) is 0 Å². The van der Waals surface area contributed by atoms with Crippen molar-refractivity contribution in [1.82, 2.24) is 5.43 Å². The van der Waals surface area contributed by atoms with Gasteiger partial charge in [-0.1, -0.05) is 29.8 Å². The molecule has 23 heavy (non-hydrogen) atoms. The lowest BCUT2D eigenvalue weighted by Gasteiger charge is -2.15. The van der Waals surface area contributed by atoms with Gasteiger partial charge in [-0.25, -0.2) is 5.43 Å². The maximum absolute atomic E-state index is 12.0. The van der Waals surface area contributed by atoms with E-state index >= 15 is 0 Å². The summed E-state index contributed by atoms with van der Waals surface area (Å²) in [7, 11) is 0. The van der Waals surface area contributed by atoms with E-state index in [0.29, 0.717) is 10.6 Å². The van der Waals surface area contributed by atoms with E-state index in [9.17, 15) is 9.90 Å². The Kier molecular flexibility index (Phi) is 5.60. The fraction of sp³-hybridized carbons (Fsp3) is 0.176. The molecule has 0 aliphatic rings. The van der Waals surface area contributed by atoms with Gasteiger partial charge in [0, 0.05) is 16.3 Å². The molecule has 0 aromatic heterocycles. The highest BCUT2D eigenvalue weighted by atomic mass is 35.5. The van der Waals surface area contributed by atoms with Crippen LogP contribution in [-0.2, 0) is 4.79 Å². The fourth-order valence-corrected chi connectivity index (χ4v) is 2.11. The molecule has 0 aliphatic carbocycles. The molecular formula is C17H18ClN3O2. The zero-order valence-corrected chi connectivity index (χ0v) is 13.6. The van der Waals surface area contributed by atoms with Gasteiger partial charge in [0.2, 0.25) is 0 Å². The molecule has 0 spiro atoms. The van der Waals surface area contributed by atoms with Gasteiger partial charge in [0.25, 0.3) is 5.91 Å². The number of amides is 1. The molecule has 0 bridgehead atoms. The van der Waals surface area contributed by atoms with Crippen LogP contribution in [0.1, 0.15) is 18.1 Å². The number of rotatable bonds is 5. The second kappa shape index (κ2) is 7.65. The van der Waals surface area contributed by atoms with Crippen LogP contribution in [0.15, 0.2) is 47.6 Å². The number of hydrazone groups is 1. The maximum Gasteiger partial charge on any atom is 0.262 e. The van der Waals surface area contributed by atoms with E-state index in [1.807, 2.05) is 31.2 Å². The minimum absolute atomic E-state index is 0.0403. The van der Waals surface area contributed by atoms with Crippen LogP contribution in [0.5, 0.6) is 5.75 Å².